The Morgan fingerprint density at radius 2 is 1.60 bits per heavy atom. The first kappa shape index (κ1) is 24.8. The third-order valence-electron chi connectivity index (χ3n) is 7.34. The second-order valence-corrected chi connectivity index (χ2v) is 9.79. The highest BCUT2D eigenvalue weighted by Crippen LogP contribution is 2.44. The number of nitrogens with one attached hydrogen (secondary N) is 2. The van der Waals surface area contributed by atoms with Crippen molar-refractivity contribution in [3.63, 3.8) is 0 Å². The molecular weight excluding hydrogens is 444 g/mol. The van der Waals surface area contributed by atoms with Gasteiger partial charge in [0.1, 0.15) is 6.61 Å². The first-order chi connectivity index (χ1) is 16.9. The van der Waals surface area contributed by atoms with E-state index in [9.17, 15) is 14.4 Å². The van der Waals surface area contributed by atoms with Crippen molar-refractivity contribution >= 4 is 18.0 Å². The van der Waals surface area contributed by atoms with Gasteiger partial charge in [-0.25, -0.2) is 4.79 Å². The second kappa shape index (κ2) is 11.4. The summed E-state index contributed by atoms with van der Waals surface area (Å²) in [7, 11) is 0. The van der Waals surface area contributed by atoms with E-state index in [-0.39, 0.29) is 49.2 Å². The SMILES string of the molecule is CC(CCC(=O)O)CNC(=O)C(CNC(=O)OCC1c2ccccc2-c2ccccc21)C1CCC1. The van der Waals surface area contributed by atoms with Gasteiger partial charge in [0.25, 0.3) is 0 Å². The Hall–Kier alpha value is -3.35. The molecule has 3 N–H and O–H groups in total. The van der Waals surface area contributed by atoms with Gasteiger partial charge in [0.15, 0.2) is 0 Å². The smallest absolute Gasteiger partial charge is 0.407 e. The number of carboxylic acids is 1. The number of hydrogen-bond donors (Lipinski definition) is 3. The van der Waals surface area contributed by atoms with Gasteiger partial charge in [-0.1, -0.05) is 61.9 Å². The van der Waals surface area contributed by atoms with E-state index < -0.39 is 12.1 Å². The highest BCUT2D eigenvalue weighted by atomic mass is 16.5. The van der Waals surface area contributed by atoms with Crippen molar-refractivity contribution in [2.75, 3.05) is 19.7 Å². The Labute approximate surface area is 206 Å². The van der Waals surface area contributed by atoms with E-state index >= 15 is 0 Å². The van der Waals surface area contributed by atoms with E-state index in [1.807, 2.05) is 31.2 Å². The Balaban J connectivity index is 1.29. The maximum absolute atomic E-state index is 12.9. The second-order valence-electron chi connectivity index (χ2n) is 9.79. The lowest BCUT2D eigenvalue weighted by Gasteiger charge is -2.33. The molecule has 1 saturated carbocycles. The average Bonchev–Trinajstić information content (AvgIpc) is 3.15. The van der Waals surface area contributed by atoms with Gasteiger partial charge >= 0.3 is 12.1 Å². The molecule has 2 amide bonds. The summed E-state index contributed by atoms with van der Waals surface area (Å²) < 4.78 is 5.62. The topological polar surface area (TPSA) is 105 Å². The maximum Gasteiger partial charge on any atom is 0.407 e. The first-order valence-electron chi connectivity index (χ1n) is 12.5. The fraction of sp³-hybridized carbons (Fsp3) is 0.464. The zero-order valence-corrected chi connectivity index (χ0v) is 20.2. The summed E-state index contributed by atoms with van der Waals surface area (Å²) in [6.07, 6.45) is 3.12. The molecule has 0 bridgehead atoms. The zero-order valence-electron chi connectivity index (χ0n) is 20.2. The van der Waals surface area contributed by atoms with Gasteiger partial charge in [0.2, 0.25) is 5.91 Å². The van der Waals surface area contributed by atoms with Crippen LogP contribution in [-0.2, 0) is 14.3 Å². The molecule has 2 aliphatic carbocycles. The Morgan fingerprint density at radius 1 is 0.971 bits per heavy atom. The average molecular weight is 479 g/mol. The standard InChI is InChI=1S/C28H34N2O5/c1-18(13-14-26(31)32)15-29-27(33)24(19-7-6-8-19)16-30-28(34)35-17-25-22-11-4-2-9-20(22)21-10-3-5-12-23(21)25/h2-5,9-12,18-19,24-25H,6-8,13-17H2,1H3,(H,29,33)(H,30,34)(H,31,32). The van der Waals surface area contributed by atoms with E-state index in [2.05, 4.69) is 34.9 Å². The van der Waals surface area contributed by atoms with Crippen molar-refractivity contribution in [3.8, 4) is 11.1 Å². The summed E-state index contributed by atoms with van der Waals surface area (Å²) in [4.78, 5) is 36.2. The Bertz CT molecular complexity index is 1020. The molecule has 2 aliphatic rings. The number of rotatable bonds is 11. The highest BCUT2D eigenvalue weighted by Gasteiger charge is 2.33. The van der Waals surface area contributed by atoms with Crippen LogP contribution in [0.2, 0.25) is 0 Å². The molecule has 4 rings (SSSR count). The number of hydrogen-bond acceptors (Lipinski definition) is 4. The minimum atomic E-state index is -0.831. The zero-order chi connectivity index (χ0) is 24.8. The van der Waals surface area contributed by atoms with E-state index in [0.29, 0.717) is 13.0 Å². The molecule has 0 heterocycles. The quantitative estimate of drug-likeness (QED) is 0.439. The van der Waals surface area contributed by atoms with Gasteiger partial charge in [-0.15, -0.1) is 0 Å². The number of aliphatic carboxylic acids is 1. The number of carbonyl (C=O) groups is 3. The third kappa shape index (κ3) is 6.02. The maximum atomic E-state index is 12.9. The van der Waals surface area contributed by atoms with Crippen LogP contribution in [0.3, 0.4) is 0 Å². The molecule has 2 atom stereocenters. The van der Waals surface area contributed by atoms with E-state index in [4.69, 9.17) is 9.84 Å². The number of benzene rings is 2. The molecule has 0 aliphatic heterocycles. The van der Waals surface area contributed by atoms with E-state index in [0.717, 1.165) is 30.4 Å². The number of amides is 2. The van der Waals surface area contributed by atoms with Crippen molar-refractivity contribution in [1.82, 2.24) is 10.6 Å². The molecule has 0 aromatic heterocycles. The molecule has 7 heteroatoms. The lowest BCUT2D eigenvalue weighted by atomic mass is 9.75. The number of fused-ring (bicyclic) bond motifs is 3. The number of carboxylic acid groups (broad SMARTS) is 1. The predicted molar refractivity (Wildman–Crippen MR) is 133 cm³/mol. The van der Waals surface area contributed by atoms with Gasteiger partial charge in [-0.2, -0.15) is 0 Å². The minimum absolute atomic E-state index is 0.00818. The van der Waals surface area contributed by atoms with Gasteiger partial charge in [0, 0.05) is 25.4 Å². The molecule has 0 saturated heterocycles. The summed E-state index contributed by atoms with van der Waals surface area (Å²) in [5.74, 6) is -0.911. The van der Waals surface area contributed by atoms with E-state index in [1.165, 1.54) is 11.1 Å². The normalized spacial score (nSPS) is 16.4. The molecule has 2 unspecified atom stereocenters. The molecule has 0 spiro atoms. The molecule has 186 valence electrons. The highest BCUT2D eigenvalue weighted by molar-refractivity contribution is 5.80. The summed E-state index contributed by atoms with van der Waals surface area (Å²) >= 11 is 0. The van der Waals surface area contributed by atoms with Crippen LogP contribution in [-0.4, -0.2) is 42.8 Å². The molecule has 2 aromatic carbocycles. The fourth-order valence-electron chi connectivity index (χ4n) is 5.04. The summed E-state index contributed by atoms with van der Waals surface area (Å²) in [6.45, 7) is 2.83. The van der Waals surface area contributed by atoms with Crippen LogP contribution in [0.1, 0.15) is 56.1 Å². The molecular formula is C28H34N2O5. The number of carbonyl (C=O) groups excluding carboxylic acids is 2. The lowest BCUT2D eigenvalue weighted by Crippen LogP contribution is -2.45. The predicted octanol–water partition coefficient (Wildman–Crippen LogP) is 4.56. The molecule has 7 nitrogen and oxygen atoms in total. The van der Waals surface area contributed by atoms with Crippen LogP contribution >= 0.6 is 0 Å². The summed E-state index contributed by atoms with van der Waals surface area (Å²) in [6, 6.07) is 16.4. The molecule has 0 radical (unpaired) electrons. The van der Waals surface area contributed by atoms with Gasteiger partial charge in [-0.3, -0.25) is 9.59 Å². The summed E-state index contributed by atoms with van der Waals surface area (Å²) in [5.41, 5.74) is 4.67. The van der Waals surface area contributed by atoms with Crippen LogP contribution in [0.4, 0.5) is 4.79 Å². The minimum Gasteiger partial charge on any atom is -0.481 e. The summed E-state index contributed by atoms with van der Waals surface area (Å²) in [5, 5.41) is 14.6. The third-order valence-corrected chi connectivity index (χ3v) is 7.34. The van der Waals surface area contributed by atoms with Crippen LogP contribution in [0.25, 0.3) is 11.1 Å². The first-order valence-corrected chi connectivity index (χ1v) is 12.5. The molecule has 2 aromatic rings. The van der Waals surface area contributed by atoms with Crippen LogP contribution in [0.5, 0.6) is 0 Å². The monoisotopic (exact) mass is 478 g/mol. The van der Waals surface area contributed by atoms with Crippen molar-refractivity contribution in [1.29, 1.82) is 0 Å². The lowest BCUT2D eigenvalue weighted by molar-refractivity contribution is -0.137. The fourth-order valence-corrected chi connectivity index (χ4v) is 5.04. The van der Waals surface area contributed by atoms with Gasteiger partial charge in [0.05, 0.1) is 5.92 Å². The molecule has 1 fully saturated rings. The van der Waals surface area contributed by atoms with Crippen molar-refractivity contribution < 1.29 is 24.2 Å². The number of alkyl carbamates (subject to hydrolysis) is 1. The Kier molecular flexibility index (Phi) is 8.06. The van der Waals surface area contributed by atoms with Crippen LogP contribution in [0, 0.1) is 17.8 Å². The van der Waals surface area contributed by atoms with Gasteiger partial charge in [-0.05, 0) is 53.4 Å². The van der Waals surface area contributed by atoms with Crippen LogP contribution in [0.15, 0.2) is 48.5 Å². The van der Waals surface area contributed by atoms with Crippen molar-refractivity contribution in [2.24, 2.45) is 17.8 Å². The Morgan fingerprint density at radius 3 is 2.17 bits per heavy atom. The van der Waals surface area contributed by atoms with E-state index in [1.54, 1.807) is 0 Å². The van der Waals surface area contributed by atoms with Crippen molar-refractivity contribution in [2.45, 2.75) is 44.9 Å². The largest absolute Gasteiger partial charge is 0.481 e. The number of ether oxygens (including phenoxy) is 1. The van der Waals surface area contributed by atoms with Crippen molar-refractivity contribution in [3.05, 3.63) is 59.7 Å². The van der Waals surface area contributed by atoms with Gasteiger partial charge < -0.3 is 20.5 Å². The molecule has 35 heavy (non-hydrogen) atoms. The van der Waals surface area contributed by atoms with Crippen LogP contribution < -0.4 is 10.6 Å².